The Kier molecular flexibility index (Phi) is 3.69. The van der Waals surface area contributed by atoms with Crippen LogP contribution in [0.5, 0.6) is 0 Å². The number of hydrogen-bond donors (Lipinski definition) is 1. The molecule has 0 atom stereocenters. The van der Waals surface area contributed by atoms with Gasteiger partial charge in [-0.2, -0.15) is 0 Å². The molecule has 20 heavy (non-hydrogen) atoms. The van der Waals surface area contributed by atoms with Crippen LogP contribution < -0.4 is 5.32 Å². The molecule has 1 amide bonds. The van der Waals surface area contributed by atoms with E-state index in [2.05, 4.69) is 10.3 Å². The molecule has 1 fully saturated rings. The van der Waals surface area contributed by atoms with Gasteiger partial charge in [0.2, 0.25) is 5.91 Å². The fraction of sp³-hybridized carbons (Fsp3) is 0.467. The Hall–Kier alpha value is -1.88. The first-order valence-electron chi connectivity index (χ1n) is 7.07. The Morgan fingerprint density at radius 2 is 2.30 bits per heavy atom. The summed E-state index contributed by atoms with van der Waals surface area (Å²) in [7, 11) is 0. The van der Waals surface area contributed by atoms with Gasteiger partial charge in [0.05, 0.1) is 6.42 Å². The summed E-state index contributed by atoms with van der Waals surface area (Å²) in [6.45, 7) is 5.34. The van der Waals surface area contributed by atoms with Gasteiger partial charge in [0.25, 0.3) is 0 Å². The summed E-state index contributed by atoms with van der Waals surface area (Å²) in [6.07, 6.45) is 1.45. The van der Waals surface area contributed by atoms with E-state index >= 15 is 0 Å². The van der Waals surface area contributed by atoms with Gasteiger partial charge in [-0.05, 0) is 30.7 Å². The van der Waals surface area contributed by atoms with Crippen LogP contribution in [0.4, 0.5) is 0 Å². The molecule has 0 unspecified atom stereocenters. The van der Waals surface area contributed by atoms with E-state index in [1.807, 2.05) is 30.0 Å². The maximum absolute atomic E-state index is 12.3. The number of carbonyl (C=O) groups excluding carboxylic acids is 1. The molecule has 0 saturated carbocycles. The first-order valence-corrected chi connectivity index (χ1v) is 7.07. The van der Waals surface area contributed by atoms with Crippen molar-refractivity contribution < 1.29 is 9.21 Å². The number of aryl methyl sites for hydroxylation is 1. The van der Waals surface area contributed by atoms with E-state index in [-0.39, 0.29) is 5.91 Å². The molecule has 1 N–H and O–H groups in total. The number of oxazole rings is 1. The largest absolute Gasteiger partial charge is 0.441 e. The van der Waals surface area contributed by atoms with Gasteiger partial charge in [-0.1, -0.05) is 6.07 Å². The molecule has 0 spiro atoms. The number of nitrogens with one attached hydrogen (secondary N) is 1. The zero-order valence-electron chi connectivity index (χ0n) is 11.7. The number of carbonyl (C=O) groups is 1. The number of hydrogen-bond acceptors (Lipinski definition) is 4. The van der Waals surface area contributed by atoms with Crippen LogP contribution >= 0.6 is 0 Å². The topological polar surface area (TPSA) is 58.4 Å². The summed E-state index contributed by atoms with van der Waals surface area (Å²) in [4.78, 5) is 18.6. The molecule has 0 radical (unpaired) electrons. The summed E-state index contributed by atoms with van der Waals surface area (Å²) < 4.78 is 5.45. The SMILES string of the molecule is Cc1nc2cc(CC(=O)N3CCCNCC3)ccc2o1. The van der Waals surface area contributed by atoms with Gasteiger partial charge in [-0.3, -0.25) is 4.79 Å². The van der Waals surface area contributed by atoms with Gasteiger partial charge >= 0.3 is 0 Å². The second-order valence-corrected chi connectivity index (χ2v) is 5.20. The van der Waals surface area contributed by atoms with E-state index in [0.29, 0.717) is 12.3 Å². The van der Waals surface area contributed by atoms with Crippen LogP contribution in [0, 0.1) is 6.92 Å². The van der Waals surface area contributed by atoms with Gasteiger partial charge < -0.3 is 14.6 Å². The number of benzene rings is 1. The summed E-state index contributed by atoms with van der Waals surface area (Å²) in [6, 6.07) is 5.78. The van der Waals surface area contributed by atoms with Crippen LogP contribution in [0.1, 0.15) is 17.9 Å². The highest BCUT2D eigenvalue weighted by molar-refractivity contribution is 5.81. The Balaban J connectivity index is 1.72. The third kappa shape index (κ3) is 2.82. The Morgan fingerprint density at radius 3 is 3.20 bits per heavy atom. The lowest BCUT2D eigenvalue weighted by Crippen LogP contribution is -2.35. The number of nitrogens with zero attached hydrogens (tertiary/aromatic N) is 2. The number of fused-ring (bicyclic) bond motifs is 1. The van der Waals surface area contributed by atoms with Crippen molar-refractivity contribution >= 4 is 17.0 Å². The van der Waals surface area contributed by atoms with E-state index in [4.69, 9.17) is 4.42 Å². The molecule has 0 bridgehead atoms. The minimum absolute atomic E-state index is 0.188. The highest BCUT2D eigenvalue weighted by Gasteiger charge is 2.16. The molecular weight excluding hydrogens is 254 g/mol. The Labute approximate surface area is 118 Å². The molecule has 2 aromatic rings. The molecule has 1 saturated heterocycles. The smallest absolute Gasteiger partial charge is 0.227 e. The predicted octanol–water partition coefficient (Wildman–Crippen LogP) is 1.50. The van der Waals surface area contributed by atoms with Crippen LogP contribution in [0.2, 0.25) is 0 Å². The normalized spacial score (nSPS) is 16.4. The van der Waals surface area contributed by atoms with E-state index in [1.165, 1.54) is 0 Å². The zero-order chi connectivity index (χ0) is 13.9. The van der Waals surface area contributed by atoms with Gasteiger partial charge in [-0.15, -0.1) is 0 Å². The Bertz CT molecular complexity index is 613. The molecule has 5 heteroatoms. The van der Waals surface area contributed by atoms with Crippen LogP contribution in [-0.4, -0.2) is 42.0 Å². The summed E-state index contributed by atoms with van der Waals surface area (Å²) in [5.41, 5.74) is 2.59. The minimum atomic E-state index is 0.188. The van der Waals surface area contributed by atoms with E-state index in [1.54, 1.807) is 0 Å². The molecule has 1 aromatic carbocycles. The maximum Gasteiger partial charge on any atom is 0.227 e. The van der Waals surface area contributed by atoms with Crippen molar-refractivity contribution in [2.75, 3.05) is 26.2 Å². The van der Waals surface area contributed by atoms with Crippen molar-refractivity contribution in [3.05, 3.63) is 29.7 Å². The van der Waals surface area contributed by atoms with Crippen molar-refractivity contribution in [3.63, 3.8) is 0 Å². The first-order chi connectivity index (χ1) is 9.72. The maximum atomic E-state index is 12.3. The lowest BCUT2D eigenvalue weighted by molar-refractivity contribution is -0.130. The van der Waals surface area contributed by atoms with Crippen LogP contribution in [-0.2, 0) is 11.2 Å². The molecule has 1 aromatic heterocycles. The van der Waals surface area contributed by atoms with Crippen LogP contribution in [0.3, 0.4) is 0 Å². The molecule has 0 aliphatic carbocycles. The summed E-state index contributed by atoms with van der Waals surface area (Å²) in [5, 5.41) is 3.31. The molecule has 3 rings (SSSR count). The molecule has 2 heterocycles. The molecule has 1 aliphatic rings. The zero-order valence-corrected chi connectivity index (χ0v) is 11.7. The van der Waals surface area contributed by atoms with Gasteiger partial charge in [0.15, 0.2) is 11.5 Å². The lowest BCUT2D eigenvalue weighted by atomic mass is 10.1. The van der Waals surface area contributed by atoms with Gasteiger partial charge in [-0.25, -0.2) is 4.98 Å². The molecular formula is C15H19N3O2. The molecule has 106 valence electrons. The third-order valence-corrected chi connectivity index (χ3v) is 3.61. The van der Waals surface area contributed by atoms with E-state index in [0.717, 1.165) is 49.3 Å². The van der Waals surface area contributed by atoms with Gasteiger partial charge in [0, 0.05) is 26.6 Å². The molecule has 1 aliphatic heterocycles. The summed E-state index contributed by atoms with van der Waals surface area (Å²) >= 11 is 0. The van der Waals surface area contributed by atoms with Crippen molar-refractivity contribution in [1.29, 1.82) is 0 Å². The van der Waals surface area contributed by atoms with Crippen molar-refractivity contribution in [2.45, 2.75) is 19.8 Å². The monoisotopic (exact) mass is 273 g/mol. The van der Waals surface area contributed by atoms with Crippen LogP contribution in [0.25, 0.3) is 11.1 Å². The first kappa shape index (κ1) is 13.1. The number of rotatable bonds is 2. The highest BCUT2D eigenvalue weighted by Crippen LogP contribution is 2.17. The van der Waals surface area contributed by atoms with E-state index < -0.39 is 0 Å². The minimum Gasteiger partial charge on any atom is -0.441 e. The Morgan fingerprint density at radius 1 is 1.40 bits per heavy atom. The second kappa shape index (κ2) is 5.63. The number of aromatic nitrogens is 1. The van der Waals surface area contributed by atoms with Crippen LogP contribution in [0.15, 0.2) is 22.6 Å². The fourth-order valence-electron chi connectivity index (χ4n) is 2.58. The van der Waals surface area contributed by atoms with Crippen molar-refractivity contribution in [1.82, 2.24) is 15.2 Å². The molecule has 5 nitrogen and oxygen atoms in total. The number of amides is 1. The predicted molar refractivity (Wildman–Crippen MR) is 76.5 cm³/mol. The third-order valence-electron chi connectivity index (χ3n) is 3.61. The van der Waals surface area contributed by atoms with E-state index in [9.17, 15) is 4.79 Å². The van der Waals surface area contributed by atoms with Gasteiger partial charge in [0.1, 0.15) is 5.52 Å². The summed E-state index contributed by atoms with van der Waals surface area (Å²) in [5.74, 6) is 0.843. The average molecular weight is 273 g/mol. The van der Waals surface area contributed by atoms with Crippen molar-refractivity contribution in [2.24, 2.45) is 0 Å². The lowest BCUT2D eigenvalue weighted by Gasteiger charge is -2.19. The van der Waals surface area contributed by atoms with Crippen molar-refractivity contribution in [3.8, 4) is 0 Å². The average Bonchev–Trinajstić information content (AvgIpc) is 2.64. The quantitative estimate of drug-likeness (QED) is 0.901. The highest BCUT2D eigenvalue weighted by atomic mass is 16.3. The second-order valence-electron chi connectivity index (χ2n) is 5.20. The standard InChI is InChI=1S/C15H19N3O2/c1-11-17-13-9-12(3-4-14(13)20-11)10-15(19)18-7-2-5-16-6-8-18/h3-4,9,16H,2,5-8,10H2,1H3. The fourth-order valence-corrected chi connectivity index (χ4v) is 2.58.